The Hall–Kier alpha value is -3.55. The summed E-state index contributed by atoms with van der Waals surface area (Å²) >= 11 is 0. The Morgan fingerprint density at radius 1 is 0.909 bits per heavy atom. The van der Waals surface area contributed by atoms with E-state index in [0.717, 1.165) is 12.1 Å². The lowest BCUT2D eigenvalue weighted by Crippen LogP contribution is -2.34. The molecule has 3 aromatic rings. The van der Waals surface area contributed by atoms with E-state index in [1.807, 2.05) is 0 Å². The molecule has 4 nitrogen and oxygen atoms in total. The summed E-state index contributed by atoms with van der Waals surface area (Å²) in [6.45, 7) is 0.144. The third-order valence-electron chi connectivity index (χ3n) is 5.19. The van der Waals surface area contributed by atoms with Crippen molar-refractivity contribution in [3.05, 3.63) is 89.2 Å². The highest BCUT2D eigenvalue weighted by molar-refractivity contribution is 5.95. The Morgan fingerprint density at radius 3 is 2.18 bits per heavy atom. The molecule has 174 valence electrons. The molecule has 3 rings (SSSR count). The number of carbonyl (C=O) groups is 1. The molecule has 0 N–H and O–H groups in total. The first-order valence-corrected chi connectivity index (χ1v) is 10.1. The maximum atomic E-state index is 14.3. The highest BCUT2D eigenvalue weighted by Gasteiger charge is 2.30. The fourth-order valence-electron chi connectivity index (χ4n) is 3.43. The van der Waals surface area contributed by atoms with Crippen LogP contribution in [0.5, 0.6) is 11.5 Å². The van der Waals surface area contributed by atoms with Crippen LogP contribution in [0.1, 0.15) is 16.7 Å². The Morgan fingerprint density at radius 2 is 1.58 bits per heavy atom. The lowest BCUT2D eigenvalue weighted by molar-refractivity contribution is -0.137. The SMILES string of the molecule is COc1ccc(N(CCc2ccc(C(F)(F)F)cc2)C(=O)Cc2ccccc2OC)cc1F. The van der Waals surface area contributed by atoms with Gasteiger partial charge in [-0.05, 0) is 42.3 Å². The zero-order valence-corrected chi connectivity index (χ0v) is 18.2. The molecule has 0 saturated carbocycles. The second-order valence-electron chi connectivity index (χ2n) is 7.30. The minimum atomic E-state index is -4.42. The minimum absolute atomic E-state index is 0.00464. The molecule has 0 aromatic heterocycles. The van der Waals surface area contributed by atoms with E-state index in [1.54, 1.807) is 30.3 Å². The van der Waals surface area contributed by atoms with Gasteiger partial charge in [0.1, 0.15) is 5.75 Å². The molecule has 0 saturated heterocycles. The molecule has 0 radical (unpaired) electrons. The van der Waals surface area contributed by atoms with Crippen molar-refractivity contribution in [2.45, 2.75) is 19.0 Å². The number of amides is 1. The van der Waals surface area contributed by atoms with Gasteiger partial charge in [-0.1, -0.05) is 30.3 Å². The van der Waals surface area contributed by atoms with Crippen LogP contribution in [0.3, 0.4) is 0 Å². The van der Waals surface area contributed by atoms with Gasteiger partial charge in [-0.25, -0.2) is 4.39 Å². The molecule has 3 aromatic carbocycles. The fraction of sp³-hybridized carbons (Fsp3) is 0.240. The van der Waals surface area contributed by atoms with Crippen LogP contribution in [0.2, 0.25) is 0 Å². The van der Waals surface area contributed by atoms with E-state index in [9.17, 15) is 22.4 Å². The molecule has 33 heavy (non-hydrogen) atoms. The zero-order valence-electron chi connectivity index (χ0n) is 18.2. The van der Waals surface area contributed by atoms with Crippen LogP contribution in [0, 0.1) is 5.82 Å². The van der Waals surface area contributed by atoms with E-state index in [2.05, 4.69) is 0 Å². The third kappa shape index (κ3) is 6.03. The second-order valence-corrected chi connectivity index (χ2v) is 7.30. The number of anilines is 1. The van der Waals surface area contributed by atoms with E-state index >= 15 is 0 Å². The molecular formula is C25H23F4NO3. The maximum absolute atomic E-state index is 14.3. The lowest BCUT2D eigenvalue weighted by atomic mass is 10.1. The van der Waals surface area contributed by atoms with Crippen molar-refractivity contribution in [3.63, 3.8) is 0 Å². The summed E-state index contributed by atoms with van der Waals surface area (Å²) < 4.78 is 63.1. The molecule has 0 unspecified atom stereocenters. The molecule has 0 atom stereocenters. The van der Waals surface area contributed by atoms with Crippen molar-refractivity contribution in [2.24, 2.45) is 0 Å². The molecule has 8 heteroatoms. The van der Waals surface area contributed by atoms with Gasteiger partial charge in [-0.2, -0.15) is 13.2 Å². The first kappa shape index (κ1) is 24.1. The number of carbonyl (C=O) groups excluding carboxylic acids is 1. The summed E-state index contributed by atoms with van der Waals surface area (Å²) in [5.74, 6) is -0.344. The first-order chi connectivity index (χ1) is 15.7. The van der Waals surface area contributed by atoms with Crippen LogP contribution >= 0.6 is 0 Å². The average Bonchev–Trinajstić information content (AvgIpc) is 2.79. The van der Waals surface area contributed by atoms with Crippen LogP contribution in [0.4, 0.5) is 23.2 Å². The molecular weight excluding hydrogens is 438 g/mol. The van der Waals surface area contributed by atoms with E-state index in [4.69, 9.17) is 9.47 Å². The van der Waals surface area contributed by atoms with Crippen LogP contribution in [-0.4, -0.2) is 26.7 Å². The minimum Gasteiger partial charge on any atom is -0.496 e. The van der Waals surface area contributed by atoms with Crippen LogP contribution in [0.15, 0.2) is 66.7 Å². The Balaban J connectivity index is 1.85. The summed E-state index contributed by atoms with van der Waals surface area (Å²) in [5, 5.41) is 0. The molecule has 0 heterocycles. The predicted molar refractivity (Wildman–Crippen MR) is 117 cm³/mol. The molecule has 0 aliphatic heterocycles. The van der Waals surface area contributed by atoms with Crippen LogP contribution < -0.4 is 14.4 Å². The maximum Gasteiger partial charge on any atom is 0.416 e. The van der Waals surface area contributed by atoms with Crippen LogP contribution in [0.25, 0.3) is 0 Å². The number of methoxy groups -OCH3 is 2. The van der Waals surface area contributed by atoms with Gasteiger partial charge in [0.05, 0.1) is 26.2 Å². The van der Waals surface area contributed by atoms with Gasteiger partial charge in [-0.15, -0.1) is 0 Å². The van der Waals surface area contributed by atoms with Gasteiger partial charge in [0, 0.05) is 23.9 Å². The number of alkyl halides is 3. The van der Waals surface area contributed by atoms with E-state index in [0.29, 0.717) is 22.6 Å². The molecule has 1 amide bonds. The third-order valence-corrected chi connectivity index (χ3v) is 5.19. The first-order valence-electron chi connectivity index (χ1n) is 10.1. The van der Waals surface area contributed by atoms with Gasteiger partial charge in [0.15, 0.2) is 11.6 Å². The highest BCUT2D eigenvalue weighted by Crippen LogP contribution is 2.30. The average molecular weight is 461 g/mol. The molecule has 0 fully saturated rings. The predicted octanol–water partition coefficient (Wildman–Crippen LogP) is 5.68. The number of para-hydroxylation sites is 1. The van der Waals surface area contributed by atoms with Gasteiger partial charge in [-0.3, -0.25) is 4.79 Å². The number of hydrogen-bond acceptors (Lipinski definition) is 3. The monoisotopic (exact) mass is 461 g/mol. The van der Waals surface area contributed by atoms with E-state index in [-0.39, 0.29) is 31.0 Å². The number of ether oxygens (including phenoxy) is 2. The number of rotatable bonds is 8. The van der Waals surface area contributed by atoms with Gasteiger partial charge in [0.2, 0.25) is 5.91 Å². The summed E-state index contributed by atoms with van der Waals surface area (Å²) in [6, 6.07) is 16.0. The van der Waals surface area contributed by atoms with Crippen molar-refractivity contribution in [3.8, 4) is 11.5 Å². The van der Waals surface area contributed by atoms with Gasteiger partial charge in [0.25, 0.3) is 0 Å². The Labute approximate surface area is 189 Å². The van der Waals surface area contributed by atoms with Gasteiger partial charge < -0.3 is 14.4 Å². The van der Waals surface area contributed by atoms with Crippen LogP contribution in [-0.2, 0) is 23.8 Å². The standard InChI is InChI=1S/C25H23F4NO3/c1-32-22-6-4-3-5-18(22)15-24(31)30(20-11-12-23(33-2)21(26)16-20)14-13-17-7-9-19(10-8-17)25(27,28)29/h3-12,16H,13-15H2,1-2H3. The Kier molecular flexibility index (Phi) is 7.58. The number of halogens is 4. The Bertz CT molecular complexity index is 1100. The molecule has 0 spiro atoms. The van der Waals surface area contributed by atoms with Crippen molar-refractivity contribution in [1.29, 1.82) is 0 Å². The highest BCUT2D eigenvalue weighted by atomic mass is 19.4. The second kappa shape index (κ2) is 10.4. The summed E-state index contributed by atoms with van der Waals surface area (Å²) in [5.41, 5.74) is 0.860. The quantitative estimate of drug-likeness (QED) is 0.405. The fourth-order valence-corrected chi connectivity index (χ4v) is 3.43. The number of nitrogens with zero attached hydrogens (tertiary/aromatic N) is 1. The van der Waals surface area contributed by atoms with Crippen molar-refractivity contribution < 1.29 is 31.8 Å². The topological polar surface area (TPSA) is 38.8 Å². The molecule has 0 aliphatic rings. The summed E-state index contributed by atoms with van der Waals surface area (Å²) in [4.78, 5) is 14.6. The number of benzene rings is 3. The molecule has 0 aliphatic carbocycles. The summed E-state index contributed by atoms with van der Waals surface area (Å²) in [6.07, 6.45) is -4.13. The van der Waals surface area contributed by atoms with Crippen molar-refractivity contribution >= 4 is 11.6 Å². The largest absolute Gasteiger partial charge is 0.496 e. The van der Waals surface area contributed by atoms with Gasteiger partial charge >= 0.3 is 6.18 Å². The van der Waals surface area contributed by atoms with E-state index < -0.39 is 17.6 Å². The molecule has 0 bridgehead atoms. The zero-order chi connectivity index (χ0) is 24.0. The normalized spacial score (nSPS) is 11.2. The smallest absolute Gasteiger partial charge is 0.416 e. The lowest BCUT2D eigenvalue weighted by Gasteiger charge is -2.24. The van der Waals surface area contributed by atoms with Crippen molar-refractivity contribution in [1.82, 2.24) is 0 Å². The van der Waals surface area contributed by atoms with Crippen molar-refractivity contribution in [2.75, 3.05) is 25.7 Å². The number of hydrogen-bond donors (Lipinski definition) is 0. The van der Waals surface area contributed by atoms with E-state index in [1.165, 1.54) is 43.4 Å². The summed E-state index contributed by atoms with van der Waals surface area (Å²) in [7, 11) is 2.85.